The average Bonchev–Trinajstić information content (AvgIpc) is 3.47. The molecular weight excluding hydrogens is 447 g/mol. The van der Waals surface area contributed by atoms with E-state index in [0.717, 1.165) is 28.1 Å². The Bertz CT molecular complexity index is 1300. The average molecular weight is 475 g/mol. The minimum absolute atomic E-state index is 0.0508. The van der Waals surface area contributed by atoms with Crippen LogP contribution in [0.2, 0.25) is 0 Å². The summed E-state index contributed by atoms with van der Waals surface area (Å²) in [4.78, 5) is 47.3. The van der Waals surface area contributed by atoms with E-state index in [4.69, 9.17) is 0 Å². The number of nitrogens with zero attached hydrogens (tertiary/aromatic N) is 2. The lowest BCUT2D eigenvalue weighted by Gasteiger charge is -2.24. The van der Waals surface area contributed by atoms with Crippen LogP contribution in [-0.2, 0) is 22.4 Å². The lowest BCUT2D eigenvalue weighted by molar-refractivity contribution is -0.133. The Kier molecular flexibility index (Phi) is 5.96. The summed E-state index contributed by atoms with van der Waals surface area (Å²) in [5.74, 6) is -1.18. The third kappa shape index (κ3) is 4.60. The molecule has 1 saturated carbocycles. The molecule has 2 aliphatic carbocycles. The van der Waals surface area contributed by atoms with E-state index in [0.29, 0.717) is 24.2 Å². The lowest BCUT2D eigenvalue weighted by atomic mass is 9.83. The topological polar surface area (TPSA) is 95.2 Å². The molecule has 7 nitrogen and oxygen atoms in total. The summed E-state index contributed by atoms with van der Waals surface area (Å²) in [5, 5.41) is 2.70. The molecule has 5 rings (SSSR count). The Morgan fingerprint density at radius 2 is 1.91 bits per heavy atom. The standard InChI is InChI=1S/C27H27FN4O3/c1-32(2)27(35)17-11-21-24(22(33)12-17)19(10-15-6-4-3-5-7-15)25(30-21)16-8-9-29-23(13-16)31-26(34)18-14-20(18)28/h3-9,13,17-18,20,30H,10-12,14H2,1-2H3,(H,29,31,34)/t17?,18?,20-/m1/s1. The van der Waals surface area contributed by atoms with Crippen molar-refractivity contribution in [2.45, 2.75) is 31.9 Å². The van der Waals surface area contributed by atoms with Crippen molar-refractivity contribution in [3.8, 4) is 11.3 Å². The molecule has 2 N–H and O–H groups in total. The van der Waals surface area contributed by atoms with Crippen LogP contribution in [-0.4, -0.2) is 52.7 Å². The van der Waals surface area contributed by atoms with Crippen LogP contribution in [0.5, 0.6) is 0 Å². The maximum atomic E-state index is 13.3. The second kappa shape index (κ2) is 9.09. The van der Waals surface area contributed by atoms with Crippen molar-refractivity contribution in [1.29, 1.82) is 0 Å². The van der Waals surface area contributed by atoms with Crippen molar-refractivity contribution in [1.82, 2.24) is 14.9 Å². The molecule has 0 bridgehead atoms. The van der Waals surface area contributed by atoms with E-state index in [2.05, 4.69) is 15.3 Å². The molecule has 3 aromatic rings. The minimum atomic E-state index is -1.09. The number of H-pyrrole nitrogens is 1. The van der Waals surface area contributed by atoms with Crippen LogP contribution in [0.3, 0.4) is 0 Å². The Hall–Kier alpha value is -3.81. The SMILES string of the molecule is CN(C)C(=O)C1CC(=O)c2c([nH]c(-c3ccnc(NC(=O)C4C[C@H]4F)c3)c2Cc2ccccc2)C1. The molecule has 1 aromatic carbocycles. The van der Waals surface area contributed by atoms with E-state index in [1.54, 1.807) is 26.4 Å². The molecule has 2 aromatic heterocycles. The number of hydrogen-bond donors (Lipinski definition) is 2. The maximum absolute atomic E-state index is 13.3. The molecule has 0 radical (unpaired) electrons. The number of fused-ring (bicyclic) bond motifs is 1. The van der Waals surface area contributed by atoms with Crippen molar-refractivity contribution in [3.05, 3.63) is 71.0 Å². The van der Waals surface area contributed by atoms with E-state index < -0.39 is 18.0 Å². The number of alkyl halides is 1. The van der Waals surface area contributed by atoms with Crippen LogP contribution in [0, 0.1) is 11.8 Å². The molecule has 180 valence electrons. The summed E-state index contributed by atoms with van der Waals surface area (Å²) in [6.45, 7) is 0. The van der Waals surface area contributed by atoms with Crippen LogP contribution < -0.4 is 5.32 Å². The Morgan fingerprint density at radius 1 is 1.17 bits per heavy atom. The number of pyridine rings is 1. The molecule has 2 aliphatic rings. The third-order valence-electron chi connectivity index (χ3n) is 6.71. The molecule has 2 amide bonds. The van der Waals surface area contributed by atoms with Crippen LogP contribution in [0.4, 0.5) is 10.2 Å². The van der Waals surface area contributed by atoms with Crippen molar-refractivity contribution >= 4 is 23.4 Å². The van der Waals surface area contributed by atoms with Crippen molar-refractivity contribution < 1.29 is 18.8 Å². The molecule has 8 heteroatoms. The van der Waals surface area contributed by atoms with Crippen LogP contribution in [0.1, 0.15) is 40.0 Å². The summed E-state index contributed by atoms with van der Waals surface area (Å²) in [6.07, 6.45) is 1.90. The molecule has 2 unspecified atom stereocenters. The first-order valence-corrected chi connectivity index (χ1v) is 11.7. The normalized spacial score (nSPS) is 20.8. The molecule has 2 heterocycles. The zero-order valence-electron chi connectivity index (χ0n) is 19.7. The largest absolute Gasteiger partial charge is 0.358 e. The number of ketones is 1. The Labute approximate surface area is 202 Å². The molecule has 0 saturated heterocycles. The number of anilines is 1. The number of hydrogen-bond acceptors (Lipinski definition) is 4. The van der Waals surface area contributed by atoms with E-state index in [-0.39, 0.29) is 30.4 Å². The van der Waals surface area contributed by atoms with Gasteiger partial charge < -0.3 is 15.2 Å². The number of benzene rings is 1. The number of aromatic amines is 1. The second-order valence-corrected chi connectivity index (χ2v) is 9.53. The highest BCUT2D eigenvalue weighted by atomic mass is 19.1. The predicted molar refractivity (Wildman–Crippen MR) is 130 cm³/mol. The molecule has 0 aliphatic heterocycles. The first-order chi connectivity index (χ1) is 16.8. The van der Waals surface area contributed by atoms with E-state index in [1.807, 2.05) is 36.4 Å². The monoisotopic (exact) mass is 474 g/mol. The van der Waals surface area contributed by atoms with Gasteiger partial charge >= 0.3 is 0 Å². The van der Waals surface area contributed by atoms with Gasteiger partial charge in [-0.05, 0) is 29.7 Å². The van der Waals surface area contributed by atoms with Gasteiger partial charge in [0.1, 0.15) is 12.0 Å². The highest BCUT2D eigenvalue weighted by Gasteiger charge is 2.43. The van der Waals surface area contributed by atoms with E-state index in [9.17, 15) is 18.8 Å². The van der Waals surface area contributed by atoms with Gasteiger partial charge in [0, 0.05) is 56.4 Å². The van der Waals surface area contributed by atoms with Gasteiger partial charge in [-0.15, -0.1) is 0 Å². The number of amides is 2. The van der Waals surface area contributed by atoms with Crippen LogP contribution in [0.25, 0.3) is 11.3 Å². The number of carbonyl (C=O) groups is 3. The summed E-state index contributed by atoms with van der Waals surface area (Å²) >= 11 is 0. The van der Waals surface area contributed by atoms with Crippen LogP contribution >= 0.6 is 0 Å². The third-order valence-corrected chi connectivity index (χ3v) is 6.71. The number of aromatic nitrogens is 2. The van der Waals surface area contributed by atoms with Crippen molar-refractivity contribution in [2.24, 2.45) is 11.8 Å². The molecule has 1 fully saturated rings. The Balaban J connectivity index is 1.54. The van der Waals surface area contributed by atoms with Gasteiger partial charge in [-0.3, -0.25) is 14.4 Å². The van der Waals surface area contributed by atoms with Crippen molar-refractivity contribution in [3.63, 3.8) is 0 Å². The Morgan fingerprint density at radius 3 is 2.60 bits per heavy atom. The summed E-state index contributed by atoms with van der Waals surface area (Å²) in [6, 6.07) is 13.4. The smallest absolute Gasteiger partial charge is 0.231 e. The molecule has 0 spiro atoms. The minimum Gasteiger partial charge on any atom is -0.358 e. The highest BCUT2D eigenvalue weighted by molar-refractivity contribution is 6.04. The van der Waals surface area contributed by atoms with E-state index >= 15 is 0 Å². The fourth-order valence-corrected chi connectivity index (χ4v) is 4.80. The van der Waals surface area contributed by atoms with Crippen molar-refractivity contribution in [2.75, 3.05) is 19.4 Å². The lowest BCUT2D eigenvalue weighted by Crippen LogP contribution is -2.35. The highest BCUT2D eigenvalue weighted by Crippen LogP contribution is 2.38. The van der Waals surface area contributed by atoms with Gasteiger partial charge in [-0.25, -0.2) is 9.37 Å². The number of nitrogens with one attached hydrogen (secondary N) is 2. The van der Waals surface area contributed by atoms with Gasteiger partial charge in [0.2, 0.25) is 11.8 Å². The van der Waals surface area contributed by atoms with E-state index in [1.165, 1.54) is 4.90 Å². The first kappa shape index (κ1) is 23.0. The quantitative estimate of drug-likeness (QED) is 0.568. The predicted octanol–water partition coefficient (Wildman–Crippen LogP) is 3.80. The summed E-state index contributed by atoms with van der Waals surface area (Å²) in [5.41, 5.74) is 4.83. The van der Waals surface area contributed by atoms with Gasteiger partial charge in [0.15, 0.2) is 5.78 Å². The first-order valence-electron chi connectivity index (χ1n) is 11.7. The number of rotatable bonds is 6. The number of halogens is 1. The fraction of sp³-hybridized carbons (Fsp3) is 0.333. The van der Waals surface area contributed by atoms with Crippen LogP contribution in [0.15, 0.2) is 48.7 Å². The fourth-order valence-electron chi connectivity index (χ4n) is 4.80. The van der Waals surface area contributed by atoms with Gasteiger partial charge in [-0.1, -0.05) is 30.3 Å². The maximum Gasteiger partial charge on any atom is 0.231 e. The molecule has 35 heavy (non-hydrogen) atoms. The summed E-state index contributed by atoms with van der Waals surface area (Å²) in [7, 11) is 3.39. The van der Waals surface area contributed by atoms with Gasteiger partial charge in [-0.2, -0.15) is 0 Å². The molecule has 3 atom stereocenters. The molecular formula is C27H27FN4O3. The zero-order valence-corrected chi connectivity index (χ0v) is 19.7. The summed E-state index contributed by atoms with van der Waals surface area (Å²) < 4.78 is 13.3. The number of Topliss-reactive ketones (excluding diaryl/α,β-unsaturated/α-hetero) is 1. The number of carbonyl (C=O) groups excluding carboxylic acids is 3. The second-order valence-electron chi connectivity index (χ2n) is 9.53. The van der Waals surface area contributed by atoms with Gasteiger partial charge in [0.25, 0.3) is 0 Å². The van der Waals surface area contributed by atoms with Gasteiger partial charge in [0.05, 0.1) is 17.5 Å². The zero-order chi connectivity index (χ0) is 24.7.